The highest BCUT2D eigenvalue weighted by molar-refractivity contribution is 5.52. The Balaban J connectivity index is 1.72. The molecule has 0 saturated carbocycles. The number of hydrogen-bond donors (Lipinski definition) is 0. The minimum Gasteiger partial charge on any atom is -0.493 e. The zero-order chi connectivity index (χ0) is 16.9. The van der Waals surface area contributed by atoms with E-state index in [9.17, 15) is 4.39 Å². The van der Waals surface area contributed by atoms with Crippen LogP contribution in [0, 0.1) is 17.1 Å². The van der Waals surface area contributed by atoms with Gasteiger partial charge >= 0.3 is 0 Å². The van der Waals surface area contributed by atoms with Gasteiger partial charge in [0.05, 0.1) is 18.7 Å². The molecule has 0 unspecified atom stereocenters. The van der Waals surface area contributed by atoms with Crippen LogP contribution in [0.3, 0.4) is 0 Å². The van der Waals surface area contributed by atoms with E-state index in [2.05, 4.69) is 10.2 Å². The maximum absolute atomic E-state index is 12.9. The van der Waals surface area contributed by atoms with Crippen molar-refractivity contribution in [1.82, 2.24) is 10.2 Å². The molecular formula is C17H12FN3O3. The van der Waals surface area contributed by atoms with E-state index in [1.54, 1.807) is 30.3 Å². The van der Waals surface area contributed by atoms with Gasteiger partial charge in [0.2, 0.25) is 5.89 Å². The lowest BCUT2D eigenvalue weighted by Crippen LogP contribution is -1.98. The molecule has 3 aromatic rings. The largest absolute Gasteiger partial charge is 0.493 e. The number of benzene rings is 2. The van der Waals surface area contributed by atoms with Crippen molar-refractivity contribution in [1.29, 1.82) is 5.26 Å². The molecule has 0 bridgehead atoms. The normalized spacial score (nSPS) is 10.2. The Morgan fingerprint density at radius 1 is 1.12 bits per heavy atom. The van der Waals surface area contributed by atoms with E-state index in [-0.39, 0.29) is 24.2 Å². The van der Waals surface area contributed by atoms with Gasteiger partial charge in [0, 0.05) is 11.6 Å². The molecule has 1 aromatic heterocycles. The molecule has 0 saturated heterocycles. The first kappa shape index (κ1) is 15.5. The van der Waals surface area contributed by atoms with E-state index in [1.807, 2.05) is 6.07 Å². The molecule has 1 heterocycles. The highest BCUT2D eigenvalue weighted by atomic mass is 19.1. The fourth-order valence-electron chi connectivity index (χ4n) is 2.02. The lowest BCUT2D eigenvalue weighted by atomic mass is 10.2. The first-order valence-electron chi connectivity index (χ1n) is 6.99. The highest BCUT2D eigenvalue weighted by Gasteiger charge is 2.11. The topological polar surface area (TPSA) is 81.2 Å². The Morgan fingerprint density at radius 3 is 2.62 bits per heavy atom. The van der Waals surface area contributed by atoms with Crippen molar-refractivity contribution < 1.29 is 18.3 Å². The highest BCUT2D eigenvalue weighted by Crippen LogP contribution is 2.28. The van der Waals surface area contributed by atoms with Crippen LogP contribution in [0.5, 0.6) is 11.5 Å². The third-order valence-corrected chi connectivity index (χ3v) is 3.20. The predicted molar refractivity (Wildman–Crippen MR) is 81.7 cm³/mol. The average Bonchev–Trinajstić information content (AvgIpc) is 3.09. The molecule has 7 heteroatoms. The maximum Gasteiger partial charge on any atom is 0.254 e. The van der Waals surface area contributed by atoms with Crippen molar-refractivity contribution in [3.05, 3.63) is 59.7 Å². The quantitative estimate of drug-likeness (QED) is 0.715. The first-order chi connectivity index (χ1) is 11.7. The lowest BCUT2D eigenvalue weighted by Gasteiger charge is -2.08. The van der Waals surface area contributed by atoms with Crippen LogP contribution >= 0.6 is 0 Å². The van der Waals surface area contributed by atoms with Gasteiger partial charge in [-0.05, 0) is 36.4 Å². The Bertz CT molecular complexity index is 885. The minimum atomic E-state index is -0.338. The summed E-state index contributed by atoms with van der Waals surface area (Å²) in [7, 11) is 1.49. The summed E-state index contributed by atoms with van der Waals surface area (Å²) in [6.07, 6.45) is 0. The predicted octanol–water partition coefficient (Wildman–Crippen LogP) is 3.33. The molecule has 6 nitrogen and oxygen atoms in total. The third kappa shape index (κ3) is 3.33. The van der Waals surface area contributed by atoms with E-state index in [0.717, 1.165) is 0 Å². The van der Waals surface area contributed by atoms with Crippen molar-refractivity contribution >= 4 is 0 Å². The van der Waals surface area contributed by atoms with Gasteiger partial charge in [0.15, 0.2) is 18.1 Å². The SMILES string of the molecule is COc1cc(C#N)ccc1OCc1nnc(-c2ccc(F)cc2)o1. The molecule has 0 N–H and O–H groups in total. The van der Waals surface area contributed by atoms with Gasteiger partial charge in [-0.1, -0.05) is 0 Å². The molecule has 24 heavy (non-hydrogen) atoms. The van der Waals surface area contributed by atoms with Crippen molar-refractivity contribution in [3.8, 4) is 29.0 Å². The van der Waals surface area contributed by atoms with Gasteiger partial charge in [-0.2, -0.15) is 5.26 Å². The van der Waals surface area contributed by atoms with Gasteiger partial charge in [-0.25, -0.2) is 4.39 Å². The van der Waals surface area contributed by atoms with Crippen LogP contribution in [0.25, 0.3) is 11.5 Å². The molecule has 0 radical (unpaired) electrons. The molecule has 0 aliphatic rings. The number of aromatic nitrogens is 2. The Labute approximate surface area is 137 Å². The Kier molecular flexibility index (Phi) is 4.38. The van der Waals surface area contributed by atoms with Gasteiger partial charge in [0.25, 0.3) is 5.89 Å². The molecule has 0 amide bonds. The number of nitrogens with zero attached hydrogens (tertiary/aromatic N) is 3. The summed E-state index contributed by atoms with van der Waals surface area (Å²) in [6, 6.07) is 12.6. The van der Waals surface area contributed by atoms with Crippen LogP contribution < -0.4 is 9.47 Å². The molecule has 0 aliphatic carbocycles. The number of rotatable bonds is 5. The Morgan fingerprint density at radius 2 is 1.92 bits per heavy atom. The van der Waals surface area contributed by atoms with Crippen molar-refractivity contribution in [2.45, 2.75) is 6.61 Å². The van der Waals surface area contributed by atoms with Crippen molar-refractivity contribution in [3.63, 3.8) is 0 Å². The van der Waals surface area contributed by atoms with Crippen molar-refractivity contribution in [2.75, 3.05) is 7.11 Å². The maximum atomic E-state index is 12.9. The van der Waals surface area contributed by atoms with Crippen LogP contribution in [0.2, 0.25) is 0 Å². The second-order valence-corrected chi connectivity index (χ2v) is 4.77. The number of halogens is 1. The van der Waals surface area contributed by atoms with Crippen LogP contribution in [0.4, 0.5) is 4.39 Å². The van der Waals surface area contributed by atoms with Crippen LogP contribution in [-0.4, -0.2) is 17.3 Å². The average molecular weight is 325 g/mol. The van der Waals surface area contributed by atoms with Crippen molar-refractivity contribution in [2.24, 2.45) is 0 Å². The molecule has 3 rings (SSSR count). The summed E-state index contributed by atoms with van der Waals surface area (Å²) in [6.45, 7) is 0.0381. The van der Waals surface area contributed by atoms with Gasteiger partial charge in [-0.3, -0.25) is 0 Å². The summed E-state index contributed by atoms with van der Waals surface area (Å²) in [5.74, 6) is 1.10. The smallest absolute Gasteiger partial charge is 0.254 e. The van der Waals surface area contributed by atoms with Gasteiger partial charge in [-0.15, -0.1) is 10.2 Å². The zero-order valence-corrected chi connectivity index (χ0v) is 12.7. The van der Waals surface area contributed by atoms with E-state index in [1.165, 1.54) is 19.2 Å². The minimum absolute atomic E-state index is 0.0381. The van der Waals surface area contributed by atoms with E-state index in [0.29, 0.717) is 22.6 Å². The molecule has 0 aliphatic heterocycles. The summed E-state index contributed by atoms with van der Waals surface area (Å²) in [5.41, 5.74) is 1.08. The van der Waals surface area contributed by atoms with E-state index in [4.69, 9.17) is 19.2 Å². The molecule has 120 valence electrons. The molecule has 0 fully saturated rings. The standard InChI is InChI=1S/C17H12FN3O3/c1-22-15-8-11(9-19)2-7-14(15)23-10-16-20-21-17(24-16)12-3-5-13(18)6-4-12/h2-8H,10H2,1H3. The summed E-state index contributed by atoms with van der Waals surface area (Å²) in [5, 5.41) is 16.7. The number of ether oxygens (including phenoxy) is 2. The summed E-state index contributed by atoms with van der Waals surface area (Å²) >= 11 is 0. The third-order valence-electron chi connectivity index (χ3n) is 3.20. The monoisotopic (exact) mass is 325 g/mol. The molecule has 0 spiro atoms. The molecule has 0 atom stereocenters. The van der Waals surface area contributed by atoms with Crippen LogP contribution in [0.1, 0.15) is 11.5 Å². The summed E-state index contributed by atoms with van der Waals surface area (Å²) in [4.78, 5) is 0. The van der Waals surface area contributed by atoms with Gasteiger partial charge in [0.1, 0.15) is 5.82 Å². The Hall–Kier alpha value is -3.40. The second-order valence-electron chi connectivity index (χ2n) is 4.77. The fourth-order valence-corrected chi connectivity index (χ4v) is 2.02. The fraction of sp³-hybridized carbons (Fsp3) is 0.118. The summed E-state index contributed by atoms with van der Waals surface area (Å²) < 4.78 is 29.2. The van der Waals surface area contributed by atoms with Crippen LogP contribution in [-0.2, 0) is 6.61 Å². The molecular weight excluding hydrogens is 313 g/mol. The van der Waals surface area contributed by atoms with Gasteiger partial charge < -0.3 is 13.9 Å². The van der Waals surface area contributed by atoms with E-state index >= 15 is 0 Å². The number of methoxy groups -OCH3 is 1. The number of nitriles is 1. The zero-order valence-electron chi connectivity index (χ0n) is 12.7. The second kappa shape index (κ2) is 6.79. The number of hydrogen-bond acceptors (Lipinski definition) is 6. The first-order valence-corrected chi connectivity index (χ1v) is 6.99. The lowest BCUT2D eigenvalue weighted by molar-refractivity contribution is 0.251. The van der Waals surface area contributed by atoms with Crippen LogP contribution in [0.15, 0.2) is 46.9 Å². The molecule has 2 aromatic carbocycles. The van der Waals surface area contributed by atoms with E-state index < -0.39 is 0 Å².